The van der Waals surface area contributed by atoms with Crippen LogP contribution in [0.5, 0.6) is 17.2 Å². The molecule has 0 fully saturated rings. The Morgan fingerprint density at radius 1 is 0.727 bits per heavy atom. The first-order valence-electron chi connectivity index (χ1n) is 10.3. The van der Waals surface area contributed by atoms with Crippen molar-refractivity contribution in [2.45, 2.75) is 13.0 Å². The van der Waals surface area contributed by atoms with E-state index < -0.39 is 0 Å². The first-order valence-corrected chi connectivity index (χ1v) is 10.3. The fourth-order valence-corrected chi connectivity index (χ4v) is 3.31. The van der Waals surface area contributed by atoms with E-state index in [1.54, 1.807) is 36.4 Å². The summed E-state index contributed by atoms with van der Waals surface area (Å²) < 4.78 is 16.0. The van der Waals surface area contributed by atoms with E-state index in [4.69, 9.17) is 14.2 Å². The zero-order valence-electron chi connectivity index (χ0n) is 19.0. The van der Waals surface area contributed by atoms with Crippen LogP contribution in [-0.4, -0.2) is 33.3 Å². The molecule has 0 saturated carbocycles. The number of amides is 3. The van der Waals surface area contributed by atoms with Crippen LogP contribution in [0.1, 0.15) is 28.9 Å². The zero-order valence-corrected chi connectivity index (χ0v) is 19.0. The second-order valence-electron chi connectivity index (χ2n) is 7.14. The number of benzene rings is 3. The summed E-state index contributed by atoms with van der Waals surface area (Å²) >= 11 is 0. The summed E-state index contributed by atoms with van der Waals surface area (Å²) in [6, 6.07) is 19.1. The number of urea groups is 1. The maximum absolute atomic E-state index is 12.9. The third-order valence-electron chi connectivity index (χ3n) is 5.00. The van der Waals surface area contributed by atoms with Crippen LogP contribution in [0.25, 0.3) is 0 Å². The molecule has 3 amide bonds. The Labute approximate surface area is 192 Å². The standard InChI is InChI=1S/C25H27N3O5/c1-16(26-24(29)20-14-15-21(31-2)23(33-4)22(20)32-3)17-10-12-19(13-11-17)28-25(30)27-18-8-6-5-7-9-18/h5-16H,1-4H3,(H,26,29)(H2,27,28,30). The highest BCUT2D eigenvalue weighted by Crippen LogP contribution is 2.39. The van der Waals surface area contributed by atoms with Crippen molar-refractivity contribution in [1.29, 1.82) is 0 Å². The van der Waals surface area contributed by atoms with Crippen molar-refractivity contribution in [3.05, 3.63) is 77.9 Å². The number of carbonyl (C=O) groups is 2. The Morgan fingerprint density at radius 3 is 1.91 bits per heavy atom. The molecule has 1 atom stereocenters. The van der Waals surface area contributed by atoms with Gasteiger partial charge in [-0.25, -0.2) is 4.79 Å². The van der Waals surface area contributed by atoms with Gasteiger partial charge >= 0.3 is 6.03 Å². The Kier molecular flexibility index (Phi) is 7.75. The van der Waals surface area contributed by atoms with Crippen LogP contribution >= 0.6 is 0 Å². The average molecular weight is 450 g/mol. The Morgan fingerprint density at radius 2 is 1.33 bits per heavy atom. The summed E-state index contributed by atoms with van der Waals surface area (Å²) in [5, 5.41) is 8.50. The topological polar surface area (TPSA) is 97.9 Å². The quantitative estimate of drug-likeness (QED) is 0.457. The summed E-state index contributed by atoms with van der Waals surface area (Å²) in [6.07, 6.45) is 0. The van der Waals surface area contributed by atoms with Gasteiger partial charge in [-0.3, -0.25) is 4.79 Å². The normalized spacial score (nSPS) is 11.2. The van der Waals surface area contributed by atoms with E-state index in [0.29, 0.717) is 34.2 Å². The fourth-order valence-electron chi connectivity index (χ4n) is 3.31. The molecular formula is C25H27N3O5. The van der Waals surface area contributed by atoms with Crippen molar-refractivity contribution in [3.8, 4) is 17.2 Å². The number of hydrogen-bond donors (Lipinski definition) is 3. The van der Waals surface area contributed by atoms with Crippen LogP contribution in [0.4, 0.5) is 16.2 Å². The van der Waals surface area contributed by atoms with Crippen LogP contribution in [0.15, 0.2) is 66.7 Å². The number of carbonyl (C=O) groups excluding carboxylic acids is 2. The molecule has 3 aromatic carbocycles. The lowest BCUT2D eigenvalue weighted by atomic mass is 10.1. The van der Waals surface area contributed by atoms with E-state index in [9.17, 15) is 9.59 Å². The summed E-state index contributed by atoms with van der Waals surface area (Å²) in [7, 11) is 4.47. The lowest BCUT2D eigenvalue weighted by Gasteiger charge is -2.18. The van der Waals surface area contributed by atoms with Crippen molar-refractivity contribution >= 4 is 23.3 Å². The molecule has 0 bridgehead atoms. The first-order chi connectivity index (χ1) is 16.0. The second kappa shape index (κ2) is 10.9. The van der Waals surface area contributed by atoms with Gasteiger partial charge in [0, 0.05) is 11.4 Å². The third kappa shape index (κ3) is 5.74. The van der Waals surface area contributed by atoms with Crippen molar-refractivity contribution in [2.75, 3.05) is 32.0 Å². The average Bonchev–Trinajstić information content (AvgIpc) is 2.83. The van der Waals surface area contributed by atoms with Crippen molar-refractivity contribution in [3.63, 3.8) is 0 Å². The maximum Gasteiger partial charge on any atom is 0.323 e. The van der Waals surface area contributed by atoms with E-state index in [1.165, 1.54) is 21.3 Å². The molecule has 0 aliphatic heterocycles. The Balaban J connectivity index is 1.65. The van der Waals surface area contributed by atoms with Gasteiger partial charge < -0.3 is 30.2 Å². The predicted molar refractivity (Wildman–Crippen MR) is 128 cm³/mol. The highest BCUT2D eigenvalue weighted by Gasteiger charge is 2.22. The van der Waals surface area contributed by atoms with E-state index in [2.05, 4.69) is 16.0 Å². The Bertz CT molecular complexity index is 1100. The van der Waals surface area contributed by atoms with Gasteiger partial charge in [-0.15, -0.1) is 0 Å². The number of methoxy groups -OCH3 is 3. The van der Waals surface area contributed by atoms with Crippen molar-refractivity contribution < 1.29 is 23.8 Å². The number of rotatable bonds is 8. The van der Waals surface area contributed by atoms with E-state index in [0.717, 1.165) is 5.56 Å². The maximum atomic E-state index is 12.9. The van der Waals surface area contributed by atoms with E-state index >= 15 is 0 Å². The van der Waals surface area contributed by atoms with Gasteiger partial charge in [0.2, 0.25) is 5.75 Å². The number of hydrogen-bond acceptors (Lipinski definition) is 5. The van der Waals surface area contributed by atoms with Gasteiger partial charge in [0.1, 0.15) is 0 Å². The molecule has 8 heteroatoms. The molecular weight excluding hydrogens is 422 g/mol. The number of anilines is 2. The molecule has 1 unspecified atom stereocenters. The highest BCUT2D eigenvalue weighted by atomic mass is 16.5. The van der Waals surface area contributed by atoms with E-state index in [-0.39, 0.29) is 18.0 Å². The molecule has 3 aromatic rings. The molecule has 0 radical (unpaired) electrons. The van der Waals surface area contributed by atoms with Crippen molar-refractivity contribution in [2.24, 2.45) is 0 Å². The molecule has 0 aliphatic carbocycles. The summed E-state index contributed by atoms with van der Waals surface area (Å²) in [6.45, 7) is 1.87. The lowest BCUT2D eigenvalue weighted by Crippen LogP contribution is -2.27. The minimum Gasteiger partial charge on any atom is -0.493 e. The van der Waals surface area contributed by atoms with Crippen LogP contribution in [0.2, 0.25) is 0 Å². The van der Waals surface area contributed by atoms with Gasteiger partial charge in [-0.2, -0.15) is 0 Å². The molecule has 0 heterocycles. The molecule has 3 N–H and O–H groups in total. The summed E-state index contributed by atoms with van der Waals surface area (Å²) in [4.78, 5) is 25.1. The molecule has 8 nitrogen and oxygen atoms in total. The molecule has 3 rings (SSSR count). The van der Waals surface area contributed by atoms with Gasteiger partial charge in [0.05, 0.1) is 32.9 Å². The van der Waals surface area contributed by atoms with Crippen LogP contribution in [0, 0.1) is 0 Å². The van der Waals surface area contributed by atoms with Crippen LogP contribution in [0.3, 0.4) is 0 Å². The van der Waals surface area contributed by atoms with Gasteiger partial charge in [-0.1, -0.05) is 30.3 Å². The molecule has 0 aromatic heterocycles. The minimum atomic E-state index is -0.337. The molecule has 172 valence electrons. The first kappa shape index (κ1) is 23.5. The molecule has 33 heavy (non-hydrogen) atoms. The SMILES string of the molecule is COc1ccc(C(=O)NC(C)c2ccc(NC(=O)Nc3ccccc3)cc2)c(OC)c1OC. The summed E-state index contributed by atoms with van der Waals surface area (Å²) in [5.41, 5.74) is 2.54. The molecule has 0 saturated heterocycles. The predicted octanol–water partition coefficient (Wildman–Crippen LogP) is 4.85. The smallest absolute Gasteiger partial charge is 0.323 e. The third-order valence-corrected chi connectivity index (χ3v) is 5.00. The number of para-hydroxylation sites is 1. The largest absolute Gasteiger partial charge is 0.493 e. The molecule has 0 spiro atoms. The van der Waals surface area contributed by atoms with Crippen molar-refractivity contribution in [1.82, 2.24) is 5.32 Å². The minimum absolute atomic E-state index is 0.289. The highest BCUT2D eigenvalue weighted by molar-refractivity contribution is 6.00. The van der Waals surface area contributed by atoms with Gasteiger partial charge in [-0.05, 0) is 48.9 Å². The second-order valence-corrected chi connectivity index (χ2v) is 7.14. The summed E-state index contributed by atoms with van der Waals surface area (Å²) in [5.74, 6) is 0.804. The van der Waals surface area contributed by atoms with Gasteiger partial charge in [0.25, 0.3) is 5.91 Å². The monoisotopic (exact) mass is 449 g/mol. The van der Waals surface area contributed by atoms with E-state index in [1.807, 2.05) is 37.3 Å². The number of nitrogens with one attached hydrogen (secondary N) is 3. The fraction of sp³-hybridized carbons (Fsp3) is 0.200. The lowest BCUT2D eigenvalue weighted by molar-refractivity contribution is 0.0936. The van der Waals surface area contributed by atoms with Gasteiger partial charge in [0.15, 0.2) is 11.5 Å². The van der Waals surface area contributed by atoms with Crippen LogP contribution < -0.4 is 30.2 Å². The Hall–Kier alpha value is -4.20. The van der Waals surface area contributed by atoms with Crippen LogP contribution in [-0.2, 0) is 0 Å². The molecule has 0 aliphatic rings. The zero-order chi connectivity index (χ0) is 23.8. The number of ether oxygens (including phenoxy) is 3.